The van der Waals surface area contributed by atoms with Crippen molar-refractivity contribution in [3.63, 3.8) is 0 Å². The number of halogens is 2. The average molecular weight is 220 g/mol. The van der Waals surface area contributed by atoms with Crippen molar-refractivity contribution >= 4 is 5.91 Å². The Hall–Kier alpha value is -1.50. The zero-order valence-electron chi connectivity index (χ0n) is 7.96. The number of hydrogen-bond acceptors (Lipinski definition) is 4. The number of amides is 1. The third-order valence-electron chi connectivity index (χ3n) is 1.60. The lowest BCUT2D eigenvalue weighted by Crippen LogP contribution is -2.39. The number of aliphatic hydroxyl groups excluding tert-OH is 1. The van der Waals surface area contributed by atoms with Crippen LogP contribution in [-0.2, 0) is 0 Å². The lowest BCUT2D eigenvalue weighted by atomic mass is 10.3. The topological polar surface area (TPSA) is 75.4 Å². The van der Waals surface area contributed by atoms with Gasteiger partial charge in [-0.3, -0.25) is 4.79 Å². The number of aliphatic hydroxyl groups is 1. The normalized spacial score (nSPS) is 11.5. The molecule has 1 rings (SSSR count). The van der Waals surface area contributed by atoms with E-state index in [2.05, 4.69) is 9.68 Å². The Kier molecular flexibility index (Phi) is 3.35. The number of nitrogens with one attached hydrogen (secondary N) is 1. The number of aryl methyl sites for hydroxylation is 1. The molecule has 0 saturated heterocycles. The van der Waals surface area contributed by atoms with Crippen molar-refractivity contribution in [2.75, 3.05) is 13.2 Å². The van der Waals surface area contributed by atoms with Crippen LogP contribution >= 0.6 is 0 Å². The minimum atomic E-state index is -3.32. The smallest absolute Gasteiger partial charge is 0.287 e. The van der Waals surface area contributed by atoms with Gasteiger partial charge in [0.1, 0.15) is 12.4 Å². The first-order valence-corrected chi connectivity index (χ1v) is 4.15. The van der Waals surface area contributed by atoms with Crippen LogP contribution in [0.4, 0.5) is 8.78 Å². The van der Waals surface area contributed by atoms with Crippen molar-refractivity contribution < 1.29 is 23.2 Å². The highest BCUT2D eigenvalue weighted by molar-refractivity contribution is 5.92. The number of rotatable bonds is 4. The summed E-state index contributed by atoms with van der Waals surface area (Å²) in [6, 6.07) is 1.33. The fourth-order valence-electron chi connectivity index (χ4n) is 0.829. The zero-order chi connectivity index (χ0) is 11.5. The molecule has 0 radical (unpaired) electrons. The molecule has 2 N–H and O–H groups in total. The maximum atomic E-state index is 12.5. The minimum Gasteiger partial charge on any atom is -0.390 e. The van der Waals surface area contributed by atoms with Crippen LogP contribution in [0, 0.1) is 6.92 Å². The molecule has 1 heterocycles. The highest BCUT2D eigenvalue weighted by atomic mass is 19.3. The second-order valence-electron chi connectivity index (χ2n) is 3.02. The van der Waals surface area contributed by atoms with Gasteiger partial charge in [0.15, 0.2) is 5.69 Å². The molecule has 0 unspecified atom stereocenters. The summed E-state index contributed by atoms with van der Waals surface area (Å²) >= 11 is 0. The Labute approximate surface area is 84.1 Å². The Morgan fingerprint density at radius 1 is 1.73 bits per heavy atom. The quantitative estimate of drug-likeness (QED) is 0.767. The molecular weight excluding hydrogens is 210 g/mol. The summed E-state index contributed by atoms with van der Waals surface area (Å²) in [6.45, 7) is -0.675. The molecule has 0 aliphatic rings. The monoisotopic (exact) mass is 220 g/mol. The van der Waals surface area contributed by atoms with Crippen LogP contribution in [0.15, 0.2) is 10.6 Å². The van der Waals surface area contributed by atoms with E-state index < -0.39 is 25.0 Å². The predicted octanol–water partition coefficient (Wildman–Crippen LogP) is 0.340. The van der Waals surface area contributed by atoms with Crippen LogP contribution in [-0.4, -0.2) is 35.2 Å². The summed E-state index contributed by atoms with van der Waals surface area (Å²) < 4.78 is 29.6. The van der Waals surface area contributed by atoms with E-state index in [-0.39, 0.29) is 5.69 Å². The molecule has 0 saturated carbocycles. The molecule has 84 valence electrons. The van der Waals surface area contributed by atoms with E-state index in [1.165, 1.54) is 6.07 Å². The molecule has 1 aromatic rings. The highest BCUT2D eigenvalue weighted by Gasteiger charge is 2.28. The van der Waals surface area contributed by atoms with Crippen LogP contribution in [0.2, 0.25) is 0 Å². The van der Waals surface area contributed by atoms with E-state index in [0.717, 1.165) is 0 Å². The Balaban J connectivity index is 2.50. The molecule has 1 aromatic heterocycles. The maximum absolute atomic E-state index is 12.5. The van der Waals surface area contributed by atoms with Gasteiger partial charge in [-0.25, -0.2) is 8.78 Å². The first-order valence-electron chi connectivity index (χ1n) is 4.15. The van der Waals surface area contributed by atoms with E-state index in [1.807, 2.05) is 5.32 Å². The van der Waals surface area contributed by atoms with Gasteiger partial charge in [0.25, 0.3) is 11.8 Å². The largest absolute Gasteiger partial charge is 0.390 e. The summed E-state index contributed by atoms with van der Waals surface area (Å²) in [6.07, 6.45) is 0. The third-order valence-corrected chi connectivity index (χ3v) is 1.60. The Morgan fingerprint density at radius 2 is 2.40 bits per heavy atom. The fraction of sp³-hybridized carbons (Fsp3) is 0.500. The highest BCUT2D eigenvalue weighted by Crippen LogP contribution is 2.10. The Morgan fingerprint density at radius 3 is 2.87 bits per heavy atom. The van der Waals surface area contributed by atoms with Crippen molar-refractivity contribution in [3.05, 3.63) is 17.5 Å². The molecule has 0 atom stereocenters. The lowest BCUT2D eigenvalue weighted by molar-refractivity contribution is -0.0462. The number of nitrogens with zero attached hydrogens (tertiary/aromatic N) is 1. The van der Waals surface area contributed by atoms with Crippen molar-refractivity contribution in [1.82, 2.24) is 10.5 Å². The molecule has 0 spiro atoms. The molecule has 0 aliphatic carbocycles. The minimum absolute atomic E-state index is 0.0683. The second-order valence-corrected chi connectivity index (χ2v) is 3.02. The fourth-order valence-corrected chi connectivity index (χ4v) is 0.829. The van der Waals surface area contributed by atoms with Crippen LogP contribution < -0.4 is 5.32 Å². The van der Waals surface area contributed by atoms with E-state index in [0.29, 0.717) is 5.76 Å². The maximum Gasteiger partial charge on any atom is 0.287 e. The van der Waals surface area contributed by atoms with Crippen molar-refractivity contribution in [2.45, 2.75) is 12.8 Å². The van der Waals surface area contributed by atoms with E-state index in [9.17, 15) is 13.6 Å². The van der Waals surface area contributed by atoms with Gasteiger partial charge in [-0.1, -0.05) is 5.16 Å². The summed E-state index contributed by atoms with van der Waals surface area (Å²) in [5.74, 6) is -3.68. The molecule has 0 fully saturated rings. The number of aromatic nitrogens is 1. The van der Waals surface area contributed by atoms with Gasteiger partial charge < -0.3 is 14.9 Å². The van der Waals surface area contributed by atoms with Crippen molar-refractivity contribution in [2.24, 2.45) is 0 Å². The van der Waals surface area contributed by atoms with Gasteiger partial charge in [-0.15, -0.1) is 0 Å². The van der Waals surface area contributed by atoms with Crippen LogP contribution in [0.3, 0.4) is 0 Å². The van der Waals surface area contributed by atoms with Gasteiger partial charge in [-0.2, -0.15) is 0 Å². The van der Waals surface area contributed by atoms with Crippen molar-refractivity contribution in [3.8, 4) is 0 Å². The molecule has 15 heavy (non-hydrogen) atoms. The summed E-state index contributed by atoms with van der Waals surface area (Å²) in [4.78, 5) is 11.2. The molecule has 0 bridgehead atoms. The molecule has 0 aliphatic heterocycles. The second kappa shape index (κ2) is 4.35. The lowest BCUT2D eigenvalue weighted by Gasteiger charge is -2.12. The predicted molar refractivity (Wildman–Crippen MR) is 45.6 cm³/mol. The van der Waals surface area contributed by atoms with E-state index in [4.69, 9.17) is 5.11 Å². The summed E-state index contributed by atoms with van der Waals surface area (Å²) in [5, 5.41) is 13.5. The average Bonchev–Trinajstić information content (AvgIpc) is 2.61. The molecule has 0 aromatic carbocycles. The first-order chi connectivity index (χ1) is 6.94. The molecule has 5 nitrogen and oxygen atoms in total. The van der Waals surface area contributed by atoms with Gasteiger partial charge in [0.05, 0.1) is 6.54 Å². The standard InChI is InChI=1S/C8H10F2N2O3/c1-5-2-6(12-15-5)7(14)11-3-8(9,10)4-13/h2,13H,3-4H2,1H3,(H,11,14). The number of hydrogen-bond donors (Lipinski definition) is 2. The third kappa shape index (κ3) is 3.28. The molecule has 7 heteroatoms. The van der Waals surface area contributed by atoms with Gasteiger partial charge >= 0.3 is 0 Å². The number of carbonyl (C=O) groups excluding carboxylic acids is 1. The first kappa shape index (κ1) is 11.6. The van der Waals surface area contributed by atoms with Crippen molar-refractivity contribution in [1.29, 1.82) is 0 Å². The van der Waals surface area contributed by atoms with Gasteiger partial charge in [0, 0.05) is 6.07 Å². The van der Waals surface area contributed by atoms with E-state index in [1.54, 1.807) is 6.92 Å². The number of carbonyl (C=O) groups is 1. The summed E-state index contributed by atoms with van der Waals surface area (Å²) in [7, 11) is 0. The van der Waals surface area contributed by atoms with Gasteiger partial charge in [-0.05, 0) is 6.92 Å². The van der Waals surface area contributed by atoms with Crippen LogP contribution in [0.25, 0.3) is 0 Å². The van der Waals surface area contributed by atoms with Crippen LogP contribution in [0.5, 0.6) is 0 Å². The summed E-state index contributed by atoms with van der Waals surface area (Å²) in [5.41, 5.74) is -0.0683. The molecule has 1 amide bonds. The Bertz CT molecular complexity index is 351. The SMILES string of the molecule is Cc1cc(C(=O)NCC(F)(F)CO)no1. The van der Waals surface area contributed by atoms with E-state index >= 15 is 0 Å². The zero-order valence-corrected chi connectivity index (χ0v) is 7.96. The molecular formula is C8H10F2N2O3. The van der Waals surface area contributed by atoms with Gasteiger partial charge in [0.2, 0.25) is 0 Å². The van der Waals surface area contributed by atoms with Crippen LogP contribution in [0.1, 0.15) is 16.2 Å². The number of alkyl halides is 2.